The molecule has 0 atom stereocenters. The van der Waals surface area contributed by atoms with Crippen molar-refractivity contribution >= 4 is 28.3 Å². The first-order valence-corrected chi connectivity index (χ1v) is 5.95. The SMILES string of the molecule is COC(=O)c1c(N)nsc1NCc1ccn(C)n1. The van der Waals surface area contributed by atoms with Crippen molar-refractivity contribution in [3.63, 3.8) is 0 Å². The Balaban J connectivity index is 2.12. The zero-order valence-corrected chi connectivity index (χ0v) is 10.8. The van der Waals surface area contributed by atoms with Gasteiger partial charge in [-0.2, -0.15) is 9.47 Å². The number of hydrogen-bond acceptors (Lipinski definition) is 7. The van der Waals surface area contributed by atoms with Crippen molar-refractivity contribution in [2.24, 2.45) is 7.05 Å². The van der Waals surface area contributed by atoms with Crippen LogP contribution in [-0.2, 0) is 18.3 Å². The maximum Gasteiger partial charge on any atom is 0.344 e. The summed E-state index contributed by atoms with van der Waals surface area (Å²) in [4.78, 5) is 11.5. The third kappa shape index (κ3) is 2.43. The summed E-state index contributed by atoms with van der Waals surface area (Å²) in [7, 11) is 3.15. The summed E-state index contributed by atoms with van der Waals surface area (Å²) < 4.78 is 10.3. The molecule has 8 heteroatoms. The average Bonchev–Trinajstić information content (AvgIpc) is 2.92. The minimum atomic E-state index is -0.496. The summed E-state index contributed by atoms with van der Waals surface area (Å²) in [5, 5.41) is 7.88. The number of rotatable bonds is 4. The quantitative estimate of drug-likeness (QED) is 0.798. The molecule has 2 aromatic heterocycles. The molecule has 2 heterocycles. The Labute approximate surface area is 108 Å². The largest absolute Gasteiger partial charge is 0.465 e. The highest BCUT2D eigenvalue weighted by Gasteiger charge is 2.19. The minimum Gasteiger partial charge on any atom is -0.465 e. The van der Waals surface area contributed by atoms with Crippen molar-refractivity contribution < 1.29 is 9.53 Å². The zero-order chi connectivity index (χ0) is 13.1. The molecule has 0 bridgehead atoms. The second-order valence-electron chi connectivity index (χ2n) is 3.60. The molecule has 0 unspecified atom stereocenters. The summed E-state index contributed by atoms with van der Waals surface area (Å²) in [6.45, 7) is 0.493. The van der Waals surface area contributed by atoms with Crippen LogP contribution in [0.1, 0.15) is 16.1 Å². The second kappa shape index (κ2) is 5.05. The van der Waals surface area contributed by atoms with Gasteiger partial charge in [0.1, 0.15) is 10.6 Å². The average molecular weight is 267 g/mol. The molecule has 7 nitrogen and oxygen atoms in total. The molecular weight excluding hydrogens is 254 g/mol. The van der Waals surface area contributed by atoms with Crippen LogP contribution in [-0.4, -0.2) is 27.2 Å². The number of methoxy groups -OCH3 is 1. The van der Waals surface area contributed by atoms with Crippen LogP contribution in [0.2, 0.25) is 0 Å². The summed E-state index contributed by atoms with van der Waals surface area (Å²) in [5.74, 6) is -0.319. The van der Waals surface area contributed by atoms with Crippen molar-refractivity contribution in [3.05, 3.63) is 23.5 Å². The summed E-state index contributed by atoms with van der Waals surface area (Å²) in [6, 6.07) is 1.88. The van der Waals surface area contributed by atoms with Gasteiger partial charge in [0.25, 0.3) is 0 Å². The van der Waals surface area contributed by atoms with E-state index in [9.17, 15) is 4.79 Å². The van der Waals surface area contributed by atoms with E-state index in [0.29, 0.717) is 11.5 Å². The fourth-order valence-electron chi connectivity index (χ4n) is 1.45. The first-order chi connectivity index (χ1) is 8.61. The van der Waals surface area contributed by atoms with Gasteiger partial charge in [-0.1, -0.05) is 0 Å². The van der Waals surface area contributed by atoms with Crippen LogP contribution in [0, 0.1) is 0 Å². The topological polar surface area (TPSA) is 95.1 Å². The van der Waals surface area contributed by atoms with E-state index in [1.54, 1.807) is 4.68 Å². The molecule has 0 aliphatic rings. The monoisotopic (exact) mass is 267 g/mol. The van der Waals surface area contributed by atoms with E-state index < -0.39 is 5.97 Å². The molecule has 0 aliphatic heterocycles. The molecule has 0 saturated carbocycles. The Morgan fingerprint density at radius 1 is 1.67 bits per heavy atom. The fraction of sp³-hybridized carbons (Fsp3) is 0.300. The molecule has 0 aromatic carbocycles. The van der Waals surface area contributed by atoms with E-state index in [1.807, 2.05) is 19.3 Å². The fourth-order valence-corrected chi connectivity index (χ4v) is 2.15. The molecule has 0 aliphatic carbocycles. The van der Waals surface area contributed by atoms with Crippen molar-refractivity contribution in [2.75, 3.05) is 18.2 Å². The van der Waals surface area contributed by atoms with Crippen molar-refractivity contribution in [1.82, 2.24) is 14.2 Å². The number of carbonyl (C=O) groups is 1. The van der Waals surface area contributed by atoms with Crippen LogP contribution in [0.3, 0.4) is 0 Å². The van der Waals surface area contributed by atoms with Crippen molar-refractivity contribution in [1.29, 1.82) is 0 Å². The number of esters is 1. The van der Waals surface area contributed by atoms with Crippen LogP contribution in [0.25, 0.3) is 0 Å². The molecule has 0 saturated heterocycles. The molecule has 2 aromatic rings. The number of aromatic nitrogens is 3. The van der Waals surface area contributed by atoms with E-state index >= 15 is 0 Å². The van der Waals surface area contributed by atoms with Gasteiger partial charge in [0.2, 0.25) is 0 Å². The predicted molar refractivity (Wildman–Crippen MR) is 68.4 cm³/mol. The Hall–Kier alpha value is -2.09. The Morgan fingerprint density at radius 3 is 3.06 bits per heavy atom. The van der Waals surface area contributed by atoms with Gasteiger partial charge in [0, 0.05) is 13.2 Å². The number of nitrogens with one attached hydrogen (secondary N) is 1. The maximum absolute atomic E-state index is 11.5. The van der Waals surface area contributed by atoms with Crippen molar-refractivity contribution in [2.45, 2.75) is 6.54 Å². The lowest BCUT2D eigenvalue weighted by molar-refractivity contribution is 0.0603. The number of nitrogens with zero attached hydrogens (tertiary/aromatic N) is 3. The van der Waals surface area contributed by atoms with E-state index in [-0.39, 0.29) is 11.4 Å². The number of nitrogens with two attached hydrogens (primary N) is 1. The van der Waals surface area contributed by atoms with E-state index in [4.69, 9.17) is 5.73 Å². The van der Waals surface area contributed by atoms with Crippen LogP contribution < -0.4 is 11.1 Å². The molecular formula is C10H13N5O2S. The number of ether oxygens (including phenoxy) is 1. The van der Waals surface area contributed by atoms with Crippen LogP contribution in [0.15, 0.2) is 12.3 Å². The standard InChI is InChI=1S/C10H13N5O2S/c1-15-4-3-6(13-15)5-12-9-7(10(16)17-2)8(11)14-18-9/h3-4,12H,5H2,1-2H3,(H2,11,14). The van der Waals surface area contributed by atoms with Gasteiger partial charge in [-0.25, -0.2) is 4.79 Å². The molecule has 0 amide bonds. The van der Waals surface area contributed by atoms with Gasteiger partial charge >= 0.3 is 5.97 Å². The van der Waals surface area contributed by atoms with Crippen LogP contribution >= 0.6 is 11.5 Å². The van der Waals surface area contributed by atoms with Gasteiger partial charge in [-0.3, -0.25) is 4.68 Å². The van der Waals surface area contributed by atoms with Gasteiger partial charge in [0.05, 0.1) is 19.3 Å². The van der Waals surface area contributed by atoms with Crippen LogP contribution in [0.4, 0.5) is 10.8 Å². The molecule has 3 N–H and O–H groups in total. The van der Waals surface area contributed by atoms with E-state index in [2.05, 4.69) is 19.5 Å². The maximum atomic E-state index is 11.5. The molecule has 18 heavy (non-hydrogen) atoms. The lowest BCUT2D eigenvalue weighted by Crippen LogP contribution is -2.08. The van der Waals surface area contributed by atoms with Gasteiger partial charge in [0.15, 0.2) is 5.82 Å². The Kier molecular flexibility index (Phi) is 3.47. The highest BCUT2D eigenvalue weighted by atomic mass is 32.1. The normalized spacial score (nSPS) is 10.3. The number of anilines is 2. The zero-order valence-electron chi connectivity index (χ0n) is 10.0. The number of aryl methyl sites for hydroxylation is 1. The Morgan fingerprint density at radius 2 is 2.44 bits per heavy atom. The molecule has 2 rings (SSSR count). The van der Waals surface area contributed by atoms with Gasteiger partial charge in [-0.05, 0) is 17.6 Å². The summed E-state index contributed by atoms with van der Waals surface area (Å²) >= 11 is 1.12. The predicted octanol–water partition coefficient (Wildman–Crippen LogP) is 0.858. The Bertz CT molecular complexity index is 562. The van der Waals surface area contributed by atoms with E-state index in [1.165, 1.54) is 7.11 Å². The minimum absolute atomic E-state index is 0.176. The molecule has 0 radical (unpaired) electrons. The number of nitrogen functional groups attached to an aromatic ring is 1. The highest BCUT2D eigenvalue weighted by molar-refractivity contribution is 7.11. The van der Waals surface area contributed by atoms with E-state index in [0.717, 1.165) is 17.2 Å². The molecule has 0 spiro atoms. The van der Waals surface area contributed by atoms with Gasteiger partial charge in [-0.15, -0.1) is 0 Å². The first-order valence-electron chi connectivity index (χ1n) is 5.17. The highest BCUT2D eigenvalue weighted by Crippen LogP contribution is 2.27. The smallest absolute Gasteiger partial charge is 0.344 e. The summed E-state index contributed by atoms with van der Waals surface area (Å²) in [6.07, 6.45) is 1.85. The lowest BCUT2D eigenvalue weighted by Gasteiger charge is -2.03. The number of carbonyl (C=O) groups excluding carboxylic acids is 1. The van der Waals surface area contributed by atoms with Crippen LogP contribution in [0.5, 0.6) is 0 Å². The third-order valence-electron chi connectivity index (χ3n) is 2.31. The second-order valence-corrected chi connectivity index (χ2v) is 4.37. The lowest BCUT2D eigenvalue weighted by atomic mass is 10.3. The third-order valence-corrected chi connectivity index (χ3v) is 3.13. The molecule has 96 valence electrons. The summed E-state index contributed by atoms with van der Waals surface area (Å²) in [5.41, 5.74) is 6.77. The first kappa shape index (κ1) is 12.4. The molecule has 0 fully saturated rings. The number of hydrogen-bond donors (Lipinski definition) is 2. The van der Waals surface area contributed by atoms with Gasteiger partial charge < -0.3 is 15.8 Å². The van der Waals surface area contributed by atoms with Crippen molar-refractivity contribution in [3.8, 4) is 0 Å².